The Morgan fingerprint density at radius 2 is 1.04 bits per heavy atom. The van der Waals surface area contributed by atoms with E-state index in [1.165, 1.54) is 49.3 Å². The van der Waals surface area contributed by atoms with Crippen molar-refractivity contribution < 1.29 is 4.42 Å². The highest BCUT2D eigenvalue weighted by Gasteiger charge is 2.19. The normalized spacial score (nSPS) is 11.6. The number of anilines is 3. The molecule has 3 nitrogen and oxygen atoms in total. The molecular weight excluding hydrogens is 669 g/mol. The monoisotopic (exact) mass is 702 g/mol. The third-order valence-electron chi connectivity index (χ3n) is 11.0. The summed E-state index contributed by atoms with van der Waals surface area (Å²) in [5, 5.41) is 7.20. The molecule has 0 aliphatic rings. The maximum Gasteiger partial charge on any atom is 0.137 e. The summed E-state index contributed by atoms with van der Waals surface area (Å²) in [7, 11) is 0. The van der Waals surface area contributed by atoms with Crippen LogP contribution >= 0.6 is 0 Å². The van der Waals surface area contributed by atoms with Crippen LogP contribution in [0, 0.1) is 0 Å². The molecule has 0 saturated heterocycles. The molecule has 0 atom stereocenters. The quantitative estimate of drug-likeness (QED) is 0.172. The molecule has 258 valence electrons. The summed E-state index contributed by atoms with van der Waals surface area (Å²) in [5.41, 5.74) is 13.1. The van der Waals surface area contributed by atoms with Crippen LogP contribution < -0.4 is 4.90 Å². The topological polar surface area (TPSA) is 21.3 Å². The van der Waals surface area contributed by atoms with Crippen LogP contribution in [0.25, 0.3) is 82.5 Å². The van der Waals surface area contributed by atoms with Crippen molar-refractivity contribution in [2.45, 2.75) is 0 Å². The van der Waals surface area contributed by atoms with Crippen molar-refractivity contribution in [1.29, 1.82) is 0 Å². The van der Waals surface area contributed by atoms with Crippen LogP contribution in [-0.4, -0.2) is 4.57 Å². The molecule has 0 saturated carbocycles. The molecule has 3 heteroatoms. The first-order valence-electron chi connectivity index (χ1n) is 18.8. The van der Waals surface area contributed by atoms with Gasteiger partial charge in [0.1, 0.15) is 11.2 Å². The zero-order chi connectivity index (χ0) is 36.3. The van der Waals surface area contributed by atoms with Crippen LogP contribution in [0.3, 0.4) is 0 Å². The number of hydrogen-bond acceptors (Lipinski definition) is 2. The SMILES string of the molecule is c1ccc(-n2c3ccccc3c3cccc(-c4cccc(N(c5ccc(-c6ccc7ccccc7c6)cc5)c5ccc6c(c5)oc5ccccc56)c4)c32)cc1. The Morgan fingerprint density at radius 3 is 1.93 bits per heavy atom. The van der Waals surface area contributed by atoms with Crippen molar-refractivity contribution >= 4 is 71.6 Å². The molecule has 0 radical (unpaired) electrons. The van der Waals surface area contributed by atoms with Gasteiger partial charge in [-0.05, 0) is 94.2 Å². The van der Waals surface area contributed by atoms with Crippen LogP contribution in [0.4, 0.5) is 17.1 Å². The van der Waals surface area contributed by atoms with E-state index in [9.17, 15) is 0 Å². The Kier molecular flexibility index (Phi) is 7.17. The molecule has 11 aromatic rings. The minimum atomic E-state index is 0.866. The van der Waals surface area contributed by atoms with E-state index in [0.29, 0.717) is 0 Å². The Morgan fingerprint density at radius 1 is 0.364 bits per heavy atom. The fraction of sp³-hybridized carbons (Fsp3) is 0. The molecule has 11 rings (SSSR count). The van der Waals surface area contributed by atoms with Crippen molar-refractivity contribution in [3.63, 3.8) is 0 Å². The molecule has 0 aliphatic carbocycles. The number of para-hydroxylation sites is 4. The van der Waals surface area contributed by atoms with Crippen LogP contribution in [0.5, 0.6) is 0 Å². The van der Waals surface area contributed by atoms with Gasteiger partial charge >= 0.3 is 0 Å². The molecule has 2 heterocycles. The van der Waals surface area contributed by atoms with Crippen molar-refractivity contribution in [2.24, 2.45) is 0 Å². The number of aromatic nitrogens is 1. The molecule has 0 unspecified atom stereocenters. The third-order valence-corrected chi connectivity index (χ3v) is 11.0. The van der Waals surface area contributed by atoms with Gasteiger partial charge in [-0.2, -0.15) is 0 Å². The molecule has 0 amide bonds. The minimum Gasteiger partial charge on any atom is -0.456 e. The van der Waals surface area contributed by atoms with Crippen molar-refractivity contribution in [2.75, 3.05) is 4.90 Å². The number of nitrogens with zero attached hydrogens (tertiary/aromatic N) is 2. The van der Waals surface area contributed by atoms with Gasteiger partial charge in [0.25, 0.3) is 0 Å². The lowest BCUT2D eigenvalue weighted by Gasteiger charge is -2.26. The Hall–Kier alpha value is -7.36. The zero-order valence-corrected chi connectivity index (χ0v) is 29.9. The Bertz CT molecular complexity index is 3210. The predicted octanol–water partition coefficient (Wildman–Crippen LogP) is 14.6. The van der Waals surface area contributed by atoms with Gasteiger partial charge in [0, 0.05) is 55.9 Å². The molecule has 9 aromatic carbocycles. The lowest BCUT2D eigenvalue weighted by Crippen LogP contribution is -2.10. The second-order valence-corrected chi connectivity index (χ2v) is 14.2. The fourth-order valence-electron chi connectivity index (χ4n) is 8.38. The van der Waals surface area contributed by atoms with Crippen molar-refractivity contribution in [3.05, 3.63) is 206 Å². The highest BCUT2D eigenvalue weighted by atomic mass is 16.3. The maximum absolute atomic E-state index is 6.42. The summed E-state index contributed by atoms with van der Waals surface area (Å²) in [6.45, 7) is 0. The maximum atomic E-state index is 6.42. The van der Waals surface area contributed by atoms with Gasteiger partial charge in [-0.1, -0.05) is 133 Å². The summed E-state index contributed by atoms with van der Waals surface area (Å²) in [5.74, 6) is 0. The molecule has 2 aromatic heterocycles. The average Bonchev–Trinajstić information content (AvgIpc) is 3.80. The fourth-order valence-corrected chi connectivity index (χ4v) is 8.38. The highest BCUT2D eigenvalue weighted by Crippen LogP contribution is 2.43. The summed E-state index contributed by atoms with van der Waals surface area (Å²) in [6.07, 6.45) is 0. The lowest BCUT2D eigenvalue weighted by molar-refractivity contribution is 0.669. The van der Waals surface area contributed by atoms with Crippen molar-refractivity contribution in [1.82, 2.24) is 4.57 Å². The number of benzene rings is 9. The molecule has 0 N–H and O–H groups in total. The molecule has 0 aliphatic heterocycles. The van der Waals surface area contributed by atoms with E-state index in [1.54, 1.807) is 0 Å². The van der Waals surface area contributed by atoms with Crippen LogP contribution in [0.2, 0.25) is 0 Å². The third kappa shape index (κ3) is 5.20. The summed E-state index contributed by atoms with van der Waals surface area (Å²) < 4.78 is 8.83. The second-order valence-electron chi connectivity index (χ2n) is 14.2. The van der Waals surface area contributed by atoms with E-state index in [1.807, 2.05) is 12.1 Å². The number of fused-ring (bicyclic) bond motifs is 7. The highest BCUT2D eigenvalue weighted by molar-refractivity contribution is 6.14. The summed E-state index contributed by atoms with van der Waals surface area (Å²) in [4.78, 5) is 2.34. The van der Waals surface area contributed by atoms with E-state index in [-0.39, 0.29) is 0 Å². The Labute approximate surface area is 318 Å². The number of hydrogen-bond donors (Lipinski definition) is 0. The number of rotatable bonds is 6. The van der Waals surface area contributed by atoms with Gasteiger partial charge in [0.15, 0.2) is 0 Å². The van der Waals surface area contributed by atoms with E-state index >= 15 is 0 Å². The zero-order valence-electron chi connectivity index (χ0n) is 29.9. The van der Waals surface area contributed by atoms with E-state index in [2.05, 4.69) is 204 Å². The number of furan rings is 1. The first-order valence-corrected chi connectivity index (χ1v) is 18.8. The summed E-state index contributed by atoms with van der Waals surface area (Å²) in [6, 6.07) is 74.0. The largest absolute Gasteiger partial charge is 0.456 e. The Balaban J connectivity index is 1.09. The van der Waals surface area contributed by atoms with Gasteiger partial charge in [0.05, 0.1) is 11.0 Å². The first-order chi connectivity index (χ1) is 27.3. The van der Waals surface area contributed by atoms with Crippen LogP contribution in [-0.2, 0) is 0 Å². The first kappa shape index (κ1) is 31.2. The average molecular weight is 703 g/mol. The minimum absolute atomic E-state index is 0.866. The molecule has 0 bridgehead atoms. The van der Waals surface area contributed by atoms with E-state index in [4.69, 9.17) is 4.42 Å². The van der Waals surface area contributed by atoms with Gasteiger partial charge in [-0.3, -0.25) is 0 Å². The second kappa shape index (κ2) is 12.6. The molecule has 0 fully saturated rings. The molecule has 55 heavy (non-hydrogen) atoms. The van der Waals surface area contributed by atoms with Gasteiger partial charge in [-0.25, -0.2) is 0 Å². The van der Waals surface area contributed by atoms with E-state index in [0.717, 1.165) is 50.3 Å². The van der Waals surface area contributed by atoms with Gasteiger partial charge in [-0.15, -0.1) is 0 Å². The van der Waals surface area contributed by atoms with Gasteiger partial charge < -0.3 is 13.9 Å². The van der Waals surface area contributed by atoms with E-state index < -0.39 is 0 Å². The smallest absolute Gasteiger partial charge is 0.137 e. The standard InChI is InChI=1S/C52H34N2O/c1-2-15-40(16-3-1)54-49-22-8-6-18-45(49)48-21-11-20-44(52(48)54)39-14-10-17-42(33-39)53(43-30-31-47-46-19-7-9-23-50(46)55-51(47)34-43)41-28-26-36(27-29-41)38-25-24-35-12-4-5-13-37(35)32-38/h1-34H. The van der Waals surface area contributed by atoms with Crippen LogP contribution in [0.1, 0.15) is 0 Å². The van der Waals surface area contributed by atoms with Crippen LogP contribution in [0.15, 0.2) is 211 Å². The molecule has 0 spiro atoms. The molecular formula is C52H34N2O. The van der Waals surface area contributed by atoms with Crippen molar-refractivity contribution in [3.8, 4) is 27.9 Å². The lowest BCUT2D eigenvalue weighted by atomic mass is 10.00. The summed E-state index contributed by atoms with van der Waals surface area (Å²) >= 11 is 0. The van der Waals surface area contributed by atoms with Gasteiger partial charge in [0.2, 0.25) is 0 Å². The predicted molar refractivity (Wildman–Crippen MR) is 231 cm³/mol.